The minimum absolute atomic E-state index is 0.0738. The Balaban J connectivity index is 2.37. The third-order valence-corrected chi connectivity index (χ3v) is 3.03. The van der Waals surface area contributed by atoms with Crippen molar-refractivity contribution in [3.05, 3.63) is 29.8 Å². The van der Waals surface area contributed by atoms with E-state index >= 15 is 0 Å². The van der Waals surface area contributed by atoms with Crippen molar-refractivity contribution in [1.82, 2.24) is 0 Å². The Hall–Kier alpha value is -1.40. The molecule has 1 nitrogen and oxygen atoms in total. The number of hydrogen-bond acceptors (Lipinski definition) is 1. The highest BCUT2D eigenvalue weighted by Crippen LogP contribution is 2.57. The lowest BCUT2D eigenvalue weighted by molar-refractivity contribution is -0.260. The SMILES string of the molecule is Cc1ccc(N2CC2(C(F)(F)F)C(F)(F)F)cc1. The van der Waals surface area contributed by atoms with Gasteiger partial charge in [0.25, 0.3) is 0 Å². The van der Waals surface area contributed by atoms with Crippen molar-refractivity contribution < 1.29 is 26.3 Å². The van der Waals surface area contributed by atoms with E-state index in [0.717, 1.165) is 5.56 Å². The summed E-state index contributed by atoms with van der Waals surface area (Å²) >= 11 is 0. The monoisotopic (exact) mass is 269 g/mol. The molecule has 1 heterocycles. The molecule has 0 aliphatic carbocycles. The second-order valence-electron chi connectivity index (χ2n) is 4.28. The highest BCUT2D eigenvalue weighted by atomic mass is 19.4. The number of benzene rings is 1. The number of nitrogens with zero attached hydrogens (tertiary/aromatic N) is 1. The molecule has 1 fully saturated rings. The Morgan fingerprint density at radius 1 is 0.944 bits per heavy atom. The van der Waals surface area contributed by atoms with Crippen LogP contribution in [0.15, 0.2) is 24.3 Å². The molecule has 0 spiro atoms. The van der Waals surface area contributed by atoms with E-state index in [1.54, 1.807) is 6.92 Å². The first-order valence-electron chi connectivity index (χ1n) is 5.07. The van der Waals surface area contributed by atoms with Gasteiger partial charge >= 0.3 is 12.4 Å². The Bertz CT molecular complexity index is 430. The van der Waals surface area contributed by atoms with E-state index in [1.807, 2.05) is 0 Å². The summed E-state index contributed by atoms with van der Waals surface area (Å²) in [4.78, 5) is 0.326. The van der Waals surface area contributed by atoms with Crippen molar-refractivity contribution in [1.29, 1.82) is 0 Å². The molecule has 1 saturated heterocycles. The normalized spacial score (nSPS) is 18.9. The van der Waals surface area contributed by atoms with Gasteiger partial charge in [-0.2, -0.15) is 26.3 Å². The third-order valence-electron chi connectivity index (χ3n) is 3.03. The summed E-state index contributed by atoms with van der Waals surface area (Å²) in [5.41, 5.74) is -3.03. The first-order valence-corrected chi connectivity index (χ1v) is 5.07. The molecule has 7 heteroatoms. The predicted molar refractivity (Wildman–Crippen MR) is 53.4 cm³/mol. The van der Waals surface area contributed by atoms with Crippen LogP contribution < -0.4 is 4.90 Å². The van der Waals surface area contributed by atoms with Crippen LogP contribution >= 0.6 is 0 Å². The summed E-state index contributed by atoms with van der Waals surface area (Å²) in [6.45, 7) is 0.621. The molecular formula is C11H9F6N. The quantitative estimate of drug-likeness (QED) is 0.555. The molecule has 1 aliphatic rings. The largest absolute Gasteiger partial charge is 0.422 e. The molecule has 2 rings (SSSR count). The van der Waals surface area contributed by atoms with Gasteiger partial charge in [-0.25, -0.2) is 0 Å². The molecule has 1 aliphatic heterocycles. The van der Waals surface area contributed by atoms with E-state index in [9.17, 15) is 26.3 Å². The summed E-state index contributed by atoms with van der Waals surface area (Å²) in [5.74, 6) is 0. The molecule has 0 aromatic heterocycles. The Morgan fingerprint density at radius 3 is 1.72 bits per heavy atom. The van der Waals surface area contributed by atoms with E-state index < -0.39 is 24.4 Å². The molecule has 18 heavy (non-hydrogen) atoms. The molecule has 1 aromatic rings. The van der Waals surface area contributed by atoms with Gasteiger partial charge in [-0.1, -0.05) is 17.7 Å². The number of aryl methyl sites for hydroxylation is 1. The van der Waals surface area contributed by atoms with Gasteiger partial charge in [0.05, 0.1) is 6.54 Å². The fourth-order valence-electron chi connectivity index (χ4n) is 1.88. The topological polar surface area (TPSA) is 3.01 Å². The van der Waals surface area contributed by atoms with E-state index in [2.05, 4.69) is 0 Å². The van der Waals surface area contributed by atoms with Gasteiger partial charge in [0.15, 0.2) is 0 Å². The Labute approximate surface area is 99.0 Å². The highest BCUT2D eigenvalue weighted by Gasteiger charge is 2.83. The summed E-state index contributed by atoms with van der Waals surface area (Å²) in [7, 11) is 0. The zero-order chi connectivity index (χ0) is 13.8. The molecule has 1 aromatic carbocycles. The minimum atomic E-state index is -5.34. The van der Waals surface area contributed by atoms with E-state index in [-0.39, 0.29) is 5.69 Å². The van der Waals surface area contributed by atoms with Crippen molar-refractivity contribution >= 4 is 5.69 Å². The van der Waals surface area contributed by atoms with Crippen LogP contribution in [0.1, 0.15) is 5.56 Å². The van der Waals surface area contributed by atoms with Crippen molar-refractivity contribution in [2.45, 2.75) is 24.8 Å². The Morgan fingerprint density at radius 2 is 1.39 bits per heavy atom. The maximum absolute atomic E-state index is 12.6. The number of alkyl halides is 6. The molecule has 0 unspecified atom stereocenters. The smallest absolute Gasteiger partial charge is 0.345 e. The van der Waals surface area contributed by atoms with Gasteiger partial charge in [-0.05, 0) is 19.1 Å². The van der Waals surface area contributed by atoms with Gasteiger partial charge in [0, 0.05) is 5.69 Å². The van der Waals surface area contributed by atoms with Gasteiger partial charge in [-0.3, -0.25) is 0 Å². The van der Waals surface area contributed by atoms with Crippen molar-refractivity contribution in [2.75, 3.05) is 11.4 Å². The van der Waals surface area contributed by atoms with Crippen LogP contribution in [-0.4, -0.2) is 24.4 Å². The highest BCUT2D eigenvalue weighted by molar-refractivity contribution is 5.60. The van der Waals surface area contributed by atoms with Gasteiger partial charge in [0.1, 0.15) is 0 Å². The lowest BCUT2D eigenvalue weighted by atomic mass is 10.1. The van der Waals surface area contributed by atoms with Crippen LogP contribution in [0.2, 0.25) is 0 Å². The zero-order valence-electron chi connectivity index (χ0n) is 9.23. The van der Waals surface area contributed by atoms with Crippen LogP contribution in [0.3, 0.4) is 0 Å². The van der Waals surface area contributed by atoms with Crippen molar-refractivity contribution in [3.8, 4) is 0 Å². The molecule has 0 atom stereocenters. The van der Waals surface area contributed by atoms with Gasteiger partial charge < -0.3 is 4.90 Å². The minimum Gasteiger partial charge on any atom is -0.345 e. The molecule has 0 amide bonds. The number of rotatable bonds is 1. The molecule has 0 radical (unpaired) electrons. The van der Waals surface area contributed by atoms with Gasteiger partial charge in [0.2, 0.25) is 5.54 Å². The fourth-order valence-corrected chi connectivity index (χ4v) is 1.88. The number of anilines is 1. The Kier molecular flexibility index (Phi) is 2.57. The summed E-state index contributed by atoms with van der Waals surface area (Å²) < 4.78 is 75.9. The first-order chi connectivity index (χ1) is 8.09. The van der Waals surface area contributed by atoms with E-state index in [0.29, 0.717) is 4.90 Å². The molecule has 100 valence electrons. The standard InChI is InChI=1S/C11H9F6N/c1-7-2-4-8(5-3-7)18-6-9(18,10(12,13)14)11(15,16)17/h2-5H,6H2,1H3. The summed E-state index contributed by atoms with van der Waals surface area (Å²) in [6.07, 6.45) is -10.7. The average Bonchev–Trinajstić information content (AvgIpc) is 2.93. The van der Waals surface area contributed by atoms with Crippen LogP contribution in [0, 0.1) is 6.92 Å². The molecule has 0 saturated carbocycles. The van der Waals surface area contributed by atoms with Gasteiger partial charge in [-0.15, -0.1) is 0 Å². The second-order valence-corrected chi connectivity index (χ2v) is 4.28. The average molecular weight is 269 g/mol. The summed E-state index contributed by atoms with van der Waals surface area (Å²) in [5, 5.41) is 0. The van der Waals surface area contributed by atoms with Crippen LogP contribution in [0.5, 0.6) is 0 Å². The predicted octanol–water partition coefficient (Wildman–Crippen LogP) is 3.68. The van der Waals surface area contributed by atoms with Crippen LogP contribution in [-0.2, 0) is 0 Å². The maximum atomic E-state index is 12.6. The van der Waals surface area contributed by atoms with E-state index in [1.165, 1.54) is 24.3 Å². The molecular weight excluding hydrogens is 260 g/mol. The van der Waals surface area contributed by atoms with Crippen LogP contribution in [0.25, 0.3) is 0 Å². The lowest BCUT2D eigenvalue weighted by Crippen LogP contribution is -2.49. The van der Waals surface area contributed by atoms with Crippen molar-refractivity contribution in [2.24, 2.45) is 0 Å². The molecule has 0 bridgehead atoms. The first kappa shape index (κ1) is 13.0. The molecule has 0 N–H and O–H groups in total. The van der Waals surface area contributed by atoms with Crippen molar-refractivity contribution in [3.63, 3.8) is 0 Å². The summed E-state index contributed by atoms with van der Waals surface area (Å²) in [6, 6.07) is 5.47. The number of hydrogen-bond donors (Lipinski definition) is 0. The van der Waals surface area contributed by atoms with Crippen LogP contribution in [0.4, 0.5) is 32.0 Å². The zero-order valence-corrected chi connectivity index (χ0v) is 9.23. The van der Waals surface area contributed by atoms with E-state index in [4.69, 9.17) is 0 Å². The third kappa shape index (κ3) is 1.72. The fraction of sp³-hybridized carbons (Fsp3) is 0.455. The lowest BCUT2D eigenvalue weighted by Gasteiger charge is -2.24. The number of halogens is 6. The maximum Gasteiger partial charge on any atom is 0.422 e. The second kappa shape index (κ2) is 3.55.